The van der Waals surface area contributed by atoms with E-state index in [1.807, 2.05) is 31.2 Å². The second-order valence-corrected chi connectivity index (χ2v) is 5.03. The van der Waals surface area contributed by atoms with Crippen molar-refractivity contribution in [3.05, 3.63) is 29.8 Å². The molecule has 1 aliphatic rings. The highest BCUT2D eigenvalue weighted by molar-refractivity contribution is 5.82. The average molecular weight is 278 g/mol. The van der Waals surface area contributed by atoms with E-state index in [1.165, 1.54) is 0 Å². The van der Waals surface area contributed by atoms with E-state index in [1.54, 1.807) is 4.90 Å². The van der Waals surface area contributed by atoms with Gasteiger partial charge in [0.2, 0.25) is 5.91 Å². The molecule has 0 aliphatic heterocycles. The van der Waals surface area contributed by atoms with Gasteiger partial charge in [-0.1, -0.05) is 18.2 Å². The van der Waals surface area contributed by atoms with Gasteiger partial charge in [-0.25, -0.2) is 0 Å². The van der Waals surface area contributed by atoms with Crippen molar-refractivity contribution in [1.29, 1.82) is 0 Å². The van der Waals surface area contributed by atoms with Gasteiger partial charge in [-0.05, 0) is 25.8 Å². The summed E-state index contributed by atoms with van der Waals surface area (Å²) in [4.78, 5) is 14.0. The maximum Gasteiger partial charge on any atom is 0.242 e. The highest BCUT2D eigenvalue weighted by Crippen LogP contribution is 2.30. The normalized spacial score (nSPS) is 15.8. The summed E-state index contributed by atoms with van der Waals surface area (Å²) in [5.41, 5.74) is 6.63. The molecule has 0 saturated heterocycles. The summed E-state index contributed by atoms with van der Waals surface area (Å²) in [6, 6.07) is 7.11. The predicted molar refractivity (Wildman–Crippen MR) is 76.2 cm³/mol. The lowest BCUT2D eigenvalue weighted by Crippen LogP contribution is -2.46. The summed E-state index contributed by atoms with van der Waals surface area (Å²) < 4.78 is 5.59. The molecular weight excluding hydrogens is 256 g/mol. The molecule has 20 heavy (non-hydrogen) atoms. The molecule has 1 saturated carbocycles. The number of hydrogen-bond donors (Lipinski definition) is 2. The van der Waals surface area contributed by atoms with Crippen LogP contribution in [0, 0.1) is 0 Å². The van der Waals surface area contributed by atoms with Gasteiger partial charge in [0.15, 0.2) is 0 Å². The molecule has 110 valence electrons. The second kappa shape index (κ2) is 6.72. The van der Waals surface area contributed by atoms with Crippen LogP contribution < -0.4 is 10.5 Å². The Balaban J connectivity index is 2.14. The number of aliphatic hydroxyl groups excluding tert-OH is 1. The molecule has 0 spiro atoms. The third-order valence-corrected chi connectivity index (χ3v) is 3.40. The monoisotopic (exact) mass is 278 g/mol. The first kappa shape index (κ1) is 14.8. The van der Waals surface area contributed by atoms with E-state index >= 15 is 0 Å². The number of ether oxygens (including phenoxy) is 1. The first-order valence-corrected chi connectivity index (χ1v) is 7.05. The Labute approximate surface area is 119 Å². The van der Waals surface area contributed by atoms with Crippen LogP contribution in [0.4, 0.5) is 0 Å². The summed E-state index contributed by atoms with van der Waals surface area (Å²) in [5.74, 6) is 0.604. The van der Waals surface area contributed by atoms with Crippen LogP contribution in [-0.2, 0) is 11.3 Å². The van der Waals surface area contributed by atoms with Crippen molar-refractivity contribution in [1.82, 2.24) is 4.90 Å². The third kappa shape index (κ3) is 3.49. The number of para-hydroxylation sites is 1. The van der Waals surface area contributed by atoms with Crippen molar-refractivity contribution in [2.24, 2.45) is 5.73 Å². The maximum absolute atomic E-state index is 12.2. The number of nitrogens with two attached hydrogens (primary N) is 1. The standard InChI is InChI=1S/C15H22N2O3/c1-2-20-14-6-4-3-5-11(14)9-17(12-7-8-12)15(19)13(16)10-18/h3-6,12-13,18H,2,7-10,16H2,1H3/t13-/m1/s1. The summed E-state index contributed by atoms with van der Waals surface area (Å²) >= 11 is 0. The number of carbonyl (C=O) groups excluding carboxylic acids is 1. The quantitative estimate of drug-likeness (QED) is 0.777. The number of amides is 1. The molecule has 0 radical (unpaired) electrons. The number of nitrogens with zero attached hydrogens (tertiary/aromatic N) is 1. The molecular formula is C15H22N2O3. The first-order valence-electron chi connectivity index (χ1n) is 7.05. The first-order chi connectivity index (χ1) is 9.67. The van der Waals surface area contributed by atoms with E-state index in [-0.39, 0.29) is 18.6 Å². The molecule has 0 bridgehead atoms. The van der Waals surface area contributed by atoms with Gasteiger partial charge in [0, 0.05) is 18.2 Å². The average Bonchev–Trinajstić information content (AvgIpc) is 3.29. The lowest BCUT2D eigenvalue weighted by Gasteiger charge is -2.26. The molecule has 0 heterocycles. The van der Waals surface area contributed by atoms with E-state index in [4.69, 9.17) is 15.6 Å². The zero-order valence-corrected chi connectivity index (χ0v) is 11.8. The molecule has 0 unspecified atom stereocenters. The number of rotatable bonds is 7. The molecule has 1 amide bonds. The van der Waals surface area contributed by atoms with Crippen LogP contribution in [0.15, 0.2) is 24.3 Å². The van der Waals surface area contributed by atoms with Crippen LogP contribution >= 0.6 is 0 Å². The largest absolute Gasteiger partial charge is 0.494 e. The summed E-state index contributed by atoms with van der Waals surface area (Å²) in [6.45, 7) is 2.68. The fourth-order valence-electron chi connectivity index (χ4n) is 2.18. The molecule has 1 fully saturated rings. The molecule has 1 aromatic rings. The Kier molecular flexibility index (Phi) is 4.98. The van der Waals surface area contributed by atoms with Gasteiger partial charge in [0.05, 0.1) is 13.2 Å². The molecule has 1 aliphatic carbocycles. The fraction of sp³-hybridized carbons (Fsp3) is 0.533. The minimum Gasteiger partial charge on any atom is -0.494 e. The third-order valence-electron chi connectivity index (χ3n) is 3.40. The molecule has 3 N–H and O–H groups in total. The van der Waals surface area contributed by atoms with Crippen molar-refractivity contribution in [2.75, 3.05) is 13.2 Å². The van der Waals surface area contributed by atoms with Crippen LogP contribution in [0.1, 0.15) is 25.3 Å². The molecule has 1 aromatic carbocycles. The van der Waals surface area contributed by atoms with E-state index in [0.29, 0.717) is 13.2 Å². The molecule has 2 rings (SSSR count). The Hall–Kier alpha value is -1.59. The van der Waals surface area contributed by atoms with Crippen LogP contribution in [0.3, 0.4) is 0 Å². The maximum atomic E-state index is 12.2. The SMILES string of the molecule is CCOc1ccccc1CN(C(=O)[C@H](N)CO)C1CC1. The van der Waals surface area contributed by atoms with Gasteiger partial charge in [-0.2, -0.15) is 0 Å². The Morgan fingerprint density at radius 3 is 2.80 bits per heavy atom. The molecule has 0 aromatic heterocycles. The van der Waals surface area contributed by atoms with Gasteiger partial charge < -0.3 is 20.5 Å². The van der Waals surface area contributed by atoms with E-state index in [9.17, 15) is 4.79 Å². The fourth-order valence-corrected chi connectivity index (χ4v) is 2.18. The Bertz CT molecular complexity index is 460. The Morgan fingerprint density at radius 1 is 1.50 bits per heavy atom. The second-order valence-electron chi connectivity index (χ2n) is 5.03. The lowest BCUT2D eigenvalue weighted by molar-refractivity contribution is -0.134. The van der Waals surface area contributed by atoms with Crippen LogP contribution in [0.2, 0.25) is 0 Å². The van der Waals surface area contributed by atoms with Gasteiger partial charge >= 0.3 is 0 Å². The van der Waals surface area contributed by atoms with Gasteiger partial charge in [-0.15, -0.1) is 0 Å². The van der Waals surface area contributed by atoms with Crippen molar-refractivity contribution < 1.29 is 14.6 Å². The van der Waals surface area contributed by atoms with Crippen molar-refractivity contribution in [2.45, 2.75) is 38.4 Å². The zero-order valence-electron chi connectivity index (χ0n) is 11.8. The number of benzene rings is 1. The van der Waals surface area contributed by atoms with Crippen molar-refractivity contribution in [3.8, 4) is 5.75 Å². The highest BCUT2D eigenvalue weighted by atomic mass is 16.5. The van der Waals surface area contributed by atoms with Crippen LogP contribution in [0.25, 0.3) is 0 Å². The van der Waals surface area contributed by atoms with Crippen LogP contribution in [-0.4, -0.2) is 41.2 Å². The minimum absolute atomic E-state index is 0.193. The smallest absolute Gasteiger partial charge is 0.242 e. The van der Waals surface area contributed by atoms with Gasteiger partial charge in [-0.3, -0.25) is 4.79 Å². The van der Waals surface area contributed by atoms with E-state index < -0.39 is 6.04 Å². The lowest BCUT2D eigenvalue weighted by atomic mass is 10.1. The van der Waals surface area contributed by atoms with Gasteiger partial charge in [0.25, 0.3) is 0 Å². The number of carbonyl (C=O) groups is 1. The predicted octanol–water partition coefficient (Wildman–Crippen LogP) is 0.896. The summed E-state index contributed by atoms with van der Waals surface area (Å²) in [7, 11) is 0. The zero-order chi connectivity index (χ0) is 14.5. The van der Waals surface area contributed by atoms with E-state index in [0.717, 1.165) is 24.2 Å². The van der Waals surface area contributed by atoms with Crippen LogP contribution in [0.5, 0.6) is 5.75 Å². The minimum atomic E-state index is -0.838. The highest BCUT2D eigenvalue weighted by Gasteiger charge is 2.34. The van der Waals surface area contributed by atoms with Gasteiger partial charge in [0.1, 0.15) is 11.8 Å². The molecule has 5 heteroatoms. The van der Waals surface area contributed by atoms with E-state index in [2.05, 4.69) is 0 Å². The molecule has 1 atom stereocenters. The topological polar surface area (TPSA) is 75.8 Å². The number of aliphatic hydroxyl groups is 1. The van der Waals surface area contributed by atoms with Crippen molar-refractivity contribution >= 4 is 5.91 Å². The van der Waals surface area contributed by atoms with Crippen molar-refractivity contribution in [3.63, 3.8) is 0 Å². The Morgan fingerprint density at radius 2 is 2.20 bits per heavy atom. The summed E-state index contributed by atoms with van der Waals surface area (Å²) in [6.07, 6.45) is 2.00. The molecule has 5 nitrogen and oxygen atoms in total. The summed E-state index contributed by atoms with van der Waals surface area (Å²) in [5, 5.41) is 9.06. The number of hydrogen-bond acceptors (Lipinski definition) is 4.